The number of carbonyl (C=O) groups is 2. The summed E-state index contributed by atoms with van der Waals surface area (Å²) in [5.74, 6) is -0.867. The lowest BCUT2D eigenvalue weighted by molar-refractivity contribution is 0.0967. The molecule has 4 rings (SSSR count). The second-order valence-corrected chi connectivity index (χ2v) is 5.68. The van der Waals surface area contributed by atoms with Crippen LogP contribution in [0, 0.1) is 0 Å². The first-order valence-electron chi connectivity index (χ1n) is 7.67. The number of aromatic nitrogens is 2. The third kappa shape index (κ3) is 2.23. The van der Waals surface area contributed by atoms with Gasteiger partial charge in [0.2, 0.25) is 0 Å². The summed E-state index contributed by atoms with van der Waals surface area (Å²) >= 11 is 0. The van der Waals surface area contributed by atoms with Crippen LogP contribution in [-0.4, -0.2) is 21.4 Å². The van der Waals surface area contributed by atoms with Crippen LogP contribution in [0.4, 0.5) is 5.82 Å². The molecule has 0 radical (unpaired) electrons. The highest BCUT2D eigenvalue weighted by Crippen LogP contribution is 2.30. The molecule has 0 fully saturated rings. The number of anilines is 1. The minimum atomic E-state index is -0.655. The Morgan fingerprint density at radius 3 is 2.32 bits per heavy atom. The van der Waals surface area contributed by atoms with Crippen LogP contribution in [0.5, 0.6) is 0 Å². The first kappa shape index (κ1) is 14.9. The molecule has 0 aliphatic rings. The maximum Gasteiger partial charge on any atom is 0.264 e. The Hall–Kier alpha value is -3.67. The van der Waals surface area contributed by atoms with Crippen molar-refractivity contribution in [3.05, 3.63) is 71.8 Å². The van der Waals surface area contributed by atoms with E-state index in [0.29, 0.717) is 22.1 Å². The van der Waals surface area contributed by atoms with Crippen molar-refractivity contribution >= 4 is 39.6 Å². The molecule has 2 heterocycles. The molecule has 6 nitrogen and oxygen atoms in total. The summed E-state index contributed by atoms with van der Waals surface area (Å²) < 4.78 is 1.52. The number of amides is 1. The summed E-state index contributed by atoms with van der Waals surface area (Å²) in [6.07, 6.45) is 0. The van der Waals surface area contributed by atoms with Gasteiger partial charge in [0.05, 0.1) is 11.1 Å². The fraction of sp³-hybridized carbons (Fsp3) is 0. The third-order valence-corrected chi connectivity index (χ3v) is 4.17. The lowest BCUT2D eigenvalue weighted by Gasteiger charge is -2.07. The third-order valence-electron chi connectivity index (χ3n) is 4.17. The van der Waals surface area contributed by atoms with Crippen molar-refractivity contribution in [3.8, 4) is 0 Å². The zero-order valence-electron chi connectivity index (χ0n) is 13.1. The Balaban J connectivity index is 2.11. The number of pyridine rings is 1. The minimum absolute atomic E-state index is 0.00455. The van der Waals surface area contributed by atoms with E-state index in [1.165, 1.54) is 4.57 Å². The van der Waals surface area contributed by atoms with Gasteiger partial charge >= 0.3 is 0 Å². The van der Waals surface area contributed by atoms with Crippen molar-refractivity contribution in [2.45, 2.75) is 0 Å². The molecule has 0 saturated carbocycles. The van der Waals surface area contributed by atoms with E-state index in [9.17, 15) is 9.59 Å². The molecule has 4 N–H and O–H groups in total. The molecular weight excluding hydrogens is 316 g/mol. The Morgan fingerprint density at radius 2 is 1.60 bits per heavy atom. The minimum Gasteiger partial charge on any atom is -0.383 e. The summed E-state index contributed by atoms with van der Waals surface area (Å²) in [5.41, 5.74) is 13.0. The van der Waals surface area contributed by atoms with Crippen molar-refractivity contribution in [2.24, 2.45) is 5.73 Å². The van der Waals surface area contributed by atoms with Gasteiger partial charge in [0.1, 0.15) is 5.82 Å². The average molecular weight is 330 g/mol. The molecule has 2 aromatic heterocycles. The summed E-state index contributed by atoms with van der Waals surface area (Å²) in [5, 5.41) is 1.46. The van der Waals surface area contributed by atoms with Gasteiger partial charge in [-0.3, -0.25) is 14.2 Å². The van der Waals surface area contributed by atoms with E-state index in [1.807, 2.05) is 30.3 Å². The number of primary amides is 1. The van der Waals surface area contributed by atoms with Gasteiger partial charge in [-0.2, -0.15) is 0 Å². The number of nitrogens with zero attached hydrogens (tertiary/aromatic N) is 2. The largest absolute Gasteiger partial charge is 0.383 e. The van der Waals surface area contributed by atoms with Crippen LogP contribution in [0.1, 0.15) is 20.7 Å². The molecule has 0 unspecified atom stereocenters. The Kier molecular flexibility index (Phi) is 3.25. The average Bonchev–Trinajstić information content (AvgIpc) is 2.94. The van der Waals surface area contributed by atoms with E-state index in [0.717, 1.165) is 5.39 Å². The van der Waals surface area contributed by atoms with E-state index < -0.39 is 5.91 Å². The number of nitrogen functional groups attached to an aromatic ring is 1. The quantitative estimate of drug-likeness (QED) is 0.589. The van der Waals surface area contributed by atoms with Crippen LogP contribution < -0.4 is 11.5 Å². The van der Waals surface area contributed by atoms with Gasteiger partial charge in [0.15, 0.2) is 5.65 Å². The fourth-order valence-electron chi connectivity index (χ4n) is 3.01. The van der Waals surface area contributed by atoms with Crippen LogP contribution >= 0.6 is 0 Å². The SMILES string of the molecule is NC(=O)c1cc2c3ccccc3n(C(=O)c3ccccc3)c2nc1N. The van der Waals surface area contributed by atoms with E-state index in [-0.39, 0.29) is 17.3 Å². The molecule has 0 saturated heterocycles. The van der Waals surface area contributed by atoms with Crippen LogP contribution in [0.3, 0.4) is 0 Å². The second kappa shape index (κ2) is 5.45. The first-order valence-corrected chi connectivity index (χ1v) is 7.67. The zero-order valence-corrected chi connectivity index (χ0v) is 13.1. The Bertz CT molecular complexity index is 1150. The molecule has 0 spiro atoms. The predicted octanol–water partition coefficient (Wildman–Crippen LogP) is 2.56. The molecule has 2 aromatic carbocycles. The van der Waals surface area contributed by atoms with Crippen LogP contribution in [-0.2, 0) is 0 Å². The van der Waals surface area contributed by atoms with Crippen molar-refractivity contribution in [2.75, 3.05) is 5.73 Å². The number of para-hydroxylation sites is 1. The highest BCUT2D eigenvalue weighted by molar-refractivity contribution is 6.17. The van der Waals surface area contributed by atoms with Crippen LogP contribution in [0.15, 0.2) is 60.7 Å². The molecule has 0 aliphatic heterocycles. The molecule has 6 heteroatoms. The Morgan fingerprint density at radius 1 is 0.920 bits per heavy atom. The summed E-state index contributed by atoms with van der Waals surface area (Å²) in [7, 11) is 0. The number of hydrogen-bond donors (Lipinski definition) is 2. The maximum absolute atomic E-state index is 13.1. The smallest absolute Gasteiger partial charge is 0.264 e. The van der Waals surface area contributed by atoms with Gasteiger partial charge in [-0.25, -0.2) is 4.98 Å². The number of fused-ring (bicyclic) bond motifs is 3. The molecule has 0 atom stereocenters. The van der Waals surface area contributed by atoms with Gasteiger partial charge in [0, 0.05) is 16.3 Å². The van der Waals surface area contributed by atoms with Crippen molar-refractivity contribution in [1.29, 1.82) is 0 Å². The molecule has 4 aromatic rings. The van der Waals surface area contributed by atoms with Gasteiger partial charge in [-0.15, -0.1) is 0 Å². The Labute approximate surface area is 142 Å². The van der Waals surface area contributed by atoms with Crippen molar-refractivity contribution in [1.82, 2.24) is 9.55 Å². The fourth-order valence-corrected chi connectivity index (χ4v) is 3.01. The van der Waals surface area contributed by atoms with E-state index in [4.69, 9.17) is 11.5 Å². The van der Waals surface area contributed by atoms with Gasteiger partial charge in [-0.05, 0) is 24.3 Å². The highest BCUT2D eigenvalue weighted by atomic mass is 16.2. The second-order valence-electron chi connectivity index (χ2n) is 5.68. The molecule has 122 valence electrons. The van der Waals surface area contributed by atoms with Gasteiger partial charge in [-0.1, -0.05) is 36.4 Å². The lowest BCUT2D eigenvalue weighted by Crippen LogP contribution is -2.16. The molecule has 25 heavy (non-hydrogen) atoms. The lowest BCUT2D eigenvalue weighted by atomic mass is 10.1. The number of benzene rings is 2. The molecular formula is C19H14N4O2. The van der Waals surface area contributed by atoms with Crippen molar-refractivity contribution < 1.29 is 9.59 Å². The monoisotopic (exact) mass is 330 g/mol. The summed E-state index contributed by atoms with van der Waals surface area (Å²) in [4.78, 5) is 28.9. The van der Waals surface area contributed by atoms with Crippen molar-refractivity contribution in [3.63, 3.8) is 0 Å². The standard InChI is InChI=1S/C19H14N4O2/c20-16-14(17(21)24)10-13-12-8-4-5-9-15(12)23(18(13)22-16)19(25)11-6-2-1-3-7-11/h1-10H,(H2,20,22)(H2,21,24). The maximum atomic E-state index is 13.1. The topological polar surface area (TPSA) is 104 Å². The number of nitrogens with two attached hydrogens (primary N) is 2. The predicted molar refractivity (Wildman–Crippen MR) is 96.3 cm³/mol. The summed E-state index contributed by atoms with van der Waals surface area (Å²) in [6.45, 7) is 0. The molecule has 0 bridgehead atoms. The van der Waals surface area contributed by atoms with Gasteiger partial charge in [0.25, 0.3) is 11.8 Å². The van der Waals surface area contributed by atoms with E-state index >= 15 is 0 Å². The number of rotatable bonds is 2. The zero-order chi connectivity index (χ0) is 17.6. The van der Waals surface area contributed by atoms with Crippen LogP contribution in [0.2, 0.25) is 0 Å². The molecule has 1 amide bonds. The van der Waals surface area contributed by atoms with E-state index in [2.05, 4.69) is 4.98 Å². The normalized spacial score (nSPS) is 11.0. The number of carbonyl (C=O) groups excluding carboxylic acids is 2. The molecule has 0 aliphatic carbocycles. The van der Waals surface area contributed by atoms with Crippen LogP contribution in [0.25, 0.3) is 21.9 Å². The highest BCUT2D eigenvalue weighted by Gasteiger charge is 2.20. The van der Waals surface area contributed by atoms with Gasteiger partial charge < -0.3 is 11.5 Å². The van der Waals surface area contributed by atoms with E-state index in [1.54, 1.807) is 30.3 Å². The summed E-state index contributed by atoms with van der Waals surface area (Å²) in [6, 6.07) is 17.9. The first-order chi connectivity index (χ1) is 12.1. The number of hydrogen-bond acceptors (Lipinski definition) is 4.